The van der Waals surface area contributed by atoms with E-state index < -0.39 is 6.04 Å². The molecule has 1 aromatic carbocycles. The first-order valence-corrected chi connectivity index (χ1v) is 12.0. The number of hydrogen-bond donors (Lipinski definition) is 1. The summed E-state index contributed by atoms with van der Waals surface area (Å²) < 4.78 is 11.0. The van der Waals surface area contributed by atoms with E-state index >= 15 is 0 Å². The number of nitrogens with zero attached hydrogens (tertiary/aromatic N) is 2. The minimum atomic E-state index is -0.832. The van der Waals surface area contributed by atoms with E-state index in [4.69, 9.17) is 9.47 Å². The lowest BCUT2D eigenvalue weighted by Gasteiger charge is -2.32. The highest BCUT2D eigenvalue weighted by atomic mass is 32.1. The third-order valence-electron chi connectivity index (χ3n) is 6.04. The summed E-state index contributed by atoms with van der Waals surface area (Å²) in [7, 11) is 0. The highest BCUT2D eigenvalue weighted by Gasteiger charge is 2.35. The van der Waals surface area contributed by atoms with Crippen LogP contribution in [0.3, 0.4) is 0 Å². The van der Waals surface area contributed by atoms with Crippen molar-refractivity contribution in [3.8, 4) is 11.5 Å². The summed E-state index contributed by atoms with van der Waals surface area (Å²) in [6.07, 6.45) is 7.62. The number of carbonyl (C=O) groups excluding carboxylic acids is 2. The number of aromatic nitrogens is 1. The highest BCUT2D eigenvalue weighted by molar-refractivity contribution is 7.10. The molecule has 3 aromatic rings. The van der Waals surface area contributed by atoms with Gasteiger partial charge in [0.2, 0.25) is 18.6 Å². The Labute approximate surface area is 196 Å². The van der Waals surface area contributed by atoms with E-state index in [0.29, 0.717) is 22.7 Å². The van der Waals surface area contributed by atoms with Crippen molar-refractivity contribution in [2.24, 2.45) is 0 Å². The standard InChI is InChI=1S/C25H25N3O4S/c29-23(15-20-6-3-13-33-20)28(19-7-8-21-22(14-19)32-16-31-21)24(17-9-11-26-12-10-17)25(30)27-18-4-1-2-5-18/h3,6-14,18,24H,1-2,4-5,15-16H2,(H,27,30)/t24-/m1/s1. The highest BCUT2D eigenvalue weighted by Crippen LogP contribution is 2.38. The Morgan fingerprint density at radius 3 is 2.64 bits per heavy atom. The summed E-state index contributed by atoms with van der Waals surface area (Å²) in [6.45, 7) is 0.137. The van der Waals surface area contributed by atoms with Gasteiger partial charge in [-0.1, -0.05) is 18.9 Å². The number of nitrogens with one attached hydrogen (secondary N) is 1. The first-order chi connectivity index (χ1) is 16.2. The van der Waals surface area contributed by atoms with Crippen molar-refractivity contribution in [2.75, 3.05) is 11.7 Å². The number of rotatable bonds is 7. The van der Waals surface area contributed by atoms with E-state index in [9.17, 15) is 9.59 Å². The van der Waals surface area contributed by atoms with E-state index in [2.05, 4.69) is 10.3 Å². The molecule has 1 aliphatic heterocycles. The Balaban J connectivity index is 1.55. The van der Waals surface area contributed by atoms with E-state index in [-0.39, 0.29) is 31.1 Å². The number of carbonyl (C=O) groups is 2. The van der Waals surface area contributed by atoms with E-state index in [1.54, 1.807) is 47.6 Å². The maximum atomic E-state index is 13.7. The second kappa shape index (κ2) is 9.62. The van der Waals surface area contributed by atoms with Crippen molar-refractivity contribution in [2.45, 2.75) is 44.2 Å². The van der Waals surface area contributed by atoms with Crippen LogP contribution in [0.25, 0.3) is 0 Å². The summed E-state index contributed by atoms with van der Waals surface area (Å²) in [5.41, 5.74) is 1.29. The van der Waals surface area contributed by atoms with Crippen LogP contribution in [-0.4, -0.2) is 29.6 Å². The van der Waals surface area contributed by atoms with Crippen molar-refractivity contribution in [3.05, 3.63) is 70.7 Å². The van der Waals surface area contributed by atoms with Gasteiger partial charge < -0.3 is 14.8 Å². The predicted molar refractivity (Wildman–Crippen MR) is 125 cm³/mol. The Morgan fingerprint density at radius 2 is 1.88 bits per heavy atom. The van der Waals surface area contributed by atoms with Gasteiger partial charge in [0.1, 0.15) is 6.04 Å². The number of thiophene rings is 1. The lowest BCUT2D eigenvalue weighted by atomic mass is 10.0. The number of ether oxygens (including phenoxy) is 2. The van der Waals surface area contributed by atoms with Crippen LogP contribution in [0.15, 0.2) is 60.2 Å². The molecule has 5 rings (SSSR count). The smallest absolute Gasteiger partial charge is 0.248 e. The van der Waals surface area contributed by atoms with Gasteiger partial charge >= 0.3 is 0 Å². The predicted octanol–water partition coefficient (Wildman–Crippen LogP) is 4.25. The fourth-order valence-electron chi connectivity index (χ4n) is 4.43. The molecule has 0 spiro atoms. The summed E-state index contributed by atoms with van der Waals surface area (Å²) in [4.78, 5) is 34.0. The van der Waals surface area contributed by atoms with Crippen LogP contribution in [0.2, 0.25) is 0 Å². The number of hydrogen-bond acceptors (Lipinski definition) is 6. The first kappa shape index (κ1) is 21.5. The van der Waals surface area contributed by atoms with Crippen molar-refractivity contribution in [1.82, 2.24) is 10.3 Å². The van der Waals surface area contributed by atoms with Gasteiger partial charge in [-0.25, -0.2) is 0 Å². The summed E-state index contributed by atoms with van der Waals surface area (Å²) in [5, 5.41) is 5.13. The number of fused-ring (bicyclic) bond motifs is 1. The molecule has 3 heterocycles. The van der Waals surface area contributed by atoms with Crippen LogP contribution >= 0.6 is 11.3 Å². The Morgan fingerprint density at radius 1 is 1.09 bits per heavy atom. The van der Waals surface area contributed by atoms with Crippen molar-refractivity contribution < 1.29 is 19.1 Å². The number of anilines is 1. The molecule has 2 amide bonds. The minimum absolute atomic E-state index is 0.132. The van der Waals surface area contributed by atoms with Crippen LogP contribution in [0.4, 0.5) is 5.69 Å². The molecule has 170 valence electrons. The van der Waals surface area contributed by atoms with E-state index in [1.165, 1.54) is 11.3 Å². The fraction of sp³-hybridized carbons (Fsp3) is 0.320. The second-order valence-electron chi connectivity index (χ2n) is 8.23. The second-order valence-corrected chi connectivity index (χ2v) is 9.26. The van der Waals surface area contributed by atoms with Crippen molar-refractivity contribution >= 4 is 28.8 Å². The zero-order valence-corrected chi connectivity index (χ0v) is 18.9. The van der Waals surface area contributed by atoms with Gasteiger partial charge in [0.15, 0.2) is 11.5 Å². The molecular weight excluding hydrogens is 438 g/mol. The van der Waals surface area contributed by atoms with E-state index in [0.717, 1.165) is 30.6 Å². The zero-order chi connectivity index (χ0) is 22.6. The molecule has 1 atom stereocenters. The van der Waals surface area contributed by atoms with Crippen LogP contribution in [0.1, 0.15) is 42.2 Å². The molecule has 8 heteroatoms. The third-order valence-corrected chi connectivity index (χ3v) is 6.91. The Kier molecular flexibility index (Phi) is 6.26. The summed E-state index contributed by atoms with van der Waals surface area (Å²) in [5.74, 6) is 0.830. The topological polar surface area (TPSA) is 80.8 Å². The lowest BCUT2D eigenvalue weighted by molar-refractivity contribution is -0.127. The molecule has 2 aliphatic rings. The molecule has 0 bridgehead atoms. The average Bonchev–Trinajstić information content (AvgIpc) is 3.60. The van der Waals surface area contributed by atoms with Crippen molar-refractivity contribution in [3.63, 3.8) is 0 Å². The largest absolute Gasteiger partial charge is 0.454 e. The van der Waals surface area contributed by atoms with Gasteiger partial charge in [-0.3, -0.25) is 19.5 Å². The first-order valence-electron chi connectivity index (χ1n) is 11.1. The number of amides is 2. The number of benzene rings is 1. The van der Waals surface area contributed by atoms with Crippen LogP contribution in [-0.2, 0) is 16.0 Å². The van der Waals surface area contributed by atoms with Crippen molar-refractivity contribution in [1.29, 1.82) is 0 Å². The number of pyridine rings is 1. The molecule has 33 heavy (non-hydrogen) atoms. The normalized spacial score (nSPS) is 15.9. The molecule has 1 N–H and O–H groups in total. The minimum Gasteiger partial charge on any atom is -0.454 e. The van der Waals surface area contributed by atoms with Gasteiger partial charge in [0, 0.05) is 35.1 Å². The molecular formula is C25H25N3O4S. The SMILES string of the molecule is O=C(NC1CCCC1)[C@@H](c1ccncc1)N(C(=O)Cc1cccs1)c1ccc2c(c1)OCO2. The maximum Gasteiger partial charge on any atom is 0.248 e. The maximum absolute atomic E-state index is 13.7. The molecule has 7 nitrogen and oxygen atoms in total. The molecule has 2 aromatic heterocycles. The summed E-state index contributed by atoms with van der Waals surface area (Å²) in [6, 6.07) is 12.1. The monoisotopic (exact) mass is 463 g/mol. The molecule has 0 saturated heterocycles. The quantitative estimate of drug-likeness (QED) is 0.567. The molecule has 0 unspecified atom stereocenters. The summed E-state index contributed by atoms with van der Waals surface area (Å²) >= 11 is 1.52. The molecule has 1 aliphatic carbocycles. The Hall–Kier alpha value is -3.39. The van der Waals surface area contributed by atoms with Gasteiger partial charge in [0.05, 0.1) is 6.42 Å². The Bertz CT molecular complexity index is 1110. The van der Waals surface area contributed by atoms with Crippen LogP contribution < -0.4 is 19.7 Å². The van der Waals surface area contributed by atoms with Gasteiger partial charge in [-0.05, 0) is 54.1 Å². The fourth-order valence-corrected chi connectivity index (χ4v) is 5.13. The molecule has 1 saturated carbocycles. The molecule has 0 radical (unpaired) electrons. The average molecular weight is 464 g/mol. The van der Waals surface area contributed by atoms with E-state index in [1.807, 2.05) is 17.5 Å². The lowest BCUT2D eigenvalue weighted by Crippen LogP contribution is -2.46. The van der Waals surface area contributed by atoms with Gasteiger partial charge in [-0.15, -0.1) is 11.3 Å². The zero-order valence-electron chi connectivity index (χ0n) is 18.1. The van der Waals surface area contributed by atoms with Gasteiger partial charge in [-0.2, -0.15) is 0 Å². The third kappa shape index (κ3) is 4.71. The van der Waals surface area contributed by atoms with Gasteiger partial charge in [0.25, 0.3) is 0 Å². The van der Waals surface area contributed by atoms with Crippen LogP contribution in [0, 0.1) is 0 Å². The van der Waals surface area contributed by atoms with Crippen LogP contribution in [0.5, 0.6) is 11.5 Å². The molecule has 1 fully saturated rings.